The lowest BCUT2D eigenvalue weighted by Gasteiger charge is -2.22. The summed E-state index contributed by atoms with van der Waals surface area (Å²) in [5.74, 6) is -1.05. The van der Waals surface area contributed by atoms with Crippen LogP contribution >= 0.6 is 0 Å². The molecule has 2 atom stereocenters. The van der Waals surface area contributed by atoms with Gasteiger partial charge in [-0.25, -0.2) is 26.4 Å². The van der Waals surface area contributed by atoms with Gasteiger partial charge in [0.1, 0.15) is 28.4 Å². The zero-order valence-electron chi connectivity index (χ0n) is 60.7. The lowest BCUT2D eigenvalue weighted by Crippen LogP contribution is -2.40. The number of nitrogens with one attached hydrogen (secondary N) is 2. The standard InChI is InChI=1S/C22H28O5S.C16H17NO4S.C15H22O5S.C9H11NO4S.2C5H11NO2/c1-17-10-12-20(13-11-17)28(24,25)26-16-19(14-18-8-6-5-7-9-18)15-21(23)27-22(2,3)4;1-12-7-9-14(10-8-12)22(20,21)16(18)15(17-19)11-13-5-3-2-4-6-13;1-12-7-9-13(10-8-12)21(17,18)19-11-5-6-14(16)20-15(2,3)4;1-7-2-4-8(5-3-7)15(13,14)9(11)6-10-12;2*1-5(2,3)8-4(6)7/h5-13,19H,14-16H2,1-4H3;2-10,15,17,19H,11H2,1H3;7-10H,5-6,11H2,1-4H3;2-5,10,12H,6H2,1H3;2*1-3H3,(H2,6,7)/t19-;15-;;;;/m10..../s1. The molecular formula is C72H100N4O22S4. The van der Waals surface area contributed by atoms with E-state index >= 15 is 0 Å². The SMILES string of the molecule is CC(C)(C)OC(N)=O.CC(C)(C)OC(N)=O.Cc1ccc(S(=O)(=O)C(=O)CNO)cc1.Cc1ccc(S(=O)(=O)C(=O)[C@H](Cc2ccccc2)NO)cc1.Cc1ccc(S(=O)(=O)OCCCC(=O)OC(C)(C)C)cc1.Cc1ccc(S(=O)(=O)OC[C@@H](CC(=O)OC(C)(C)C)Cc2ccccc2)cc1. The van der Waals surface area contributed by atoms with Crippen LogP contribution in [0.25, 0.3) is 0 Å². The molecular weight excluding hydrogens is 1400 g/mol. The quantitative estimate of drug-likeness (QED) is 0.0121. The van der Waals surface area contributed by atoms with E-state index in [-0.39, 0.29) is 69.9 Å². The number of benzene rings is 6. The number of sulfone groups is 2. The summed E-state index contributed by atoms with van der Waals surface area (Å²) in [6.07, 6.45) is -0.351. The summed E-state index contributed by atoms with van der Waals surface area (Å²) in [6, 6.07) is 42.1. The Bertz CT molecular complexity index is 4030. The van der Waals surface area contributed by atoms with Gasteiger partial charge in [0.2, 0.25) is 19.7 Å². The van der Waals surface area contributed by atoms with Gasteiger partial charge < -0.3 is 40.8 Å². The third-order valence-corrected chi connectivity index (χ3v) is 18.5. The van der Waals surface area contributed by atoms with E-state index in [4.69, 9.17) is 34.5 Å². The van der Waals surface area contributed by atoms with Crippen molar-refractivity contribution in [1.82, 2.24) is 11.0 Å². The lowest BCUT2D eigenvalue weighted by atomic mass is 9.97. The molecule has 0 aliphatic carbocycles. The van der Waals surface area contributed by atoms with E-state index in [1.54, 1.807) is 156 Å². The third kappa shape index (κ3) is 39.2. The van der Waals surface area contributed by atoms with Crippen LogP contribution in [0.5, 0.6) is 0 Å². The predicted octanol–water partition coefficient (Wildman–Crippen LogP) is 11.0. The molecule has 0 aliphatic heterocycles. The largest absolute Gasteiger partial charge is 0.460 e. The second-order valence-electron chi connectivity index (χ2n) is 26.8. The van der Waals surface area contributed by atoms with Crippen molar-refractivity contribution in [3.63, 3.8) is 0 Å². The van der Waals surface area contributed by atoms with Crippen LogP contribution in [0.1, 0.15) is 136 Å². The van der Waals surface area contributed by atoms with Crippen molar-refractivity contribution in [2.45, 2.75) is 191 Å². The molecule has 30 heteroatoms. The predicted molar refractivity (Wildman–Crippen MR) is 384 cm³/mol. The van der Waals surface area contributed by atoms with Crippen LogP contribution in [0.4, 0.5) is 9.59 Å². The number of hydrogen-bond donors (Lipinski definition) is 6. The van der Waals surface area contributed by atoms with E-state index < -0.39 is 97.3 Å². The highest BCUT2D eigenvalue weighted by Crippen LogP contribution is 2.22. The Kier molecular flexibility index (Phi) is 38.1. The number of aryl methyl sites for hydroxylation is 4. The van der Waals surface area contributed by atoms with Crippen LogP contribution in [0.2, 0.25) is 0 Å². The summed E-state index contributed by atoms with van der Waals surface area (Å²) in [5, 5.41) is 15.3. The second kappa shape index (κ2) is 42.3. The molecule has 0 fully saturated rings. The highest BCUT2D eigenvalue weighted by atomic mass is 32.2. The Balaban J connectivity index is 0.000000643. The van der Waals surface area contributed by atoms with Crippen molar-refractivity contribution in [3.05, 3.63) is 191 Å². The Hall–Kier alpha value is -8.30. The summed E-state index contributed by atoms with van der Waals surface area (Å²) < 4.78 is 126. The molecule has 564 valence electrons. The van der Waals surface area contributed by atoms with Crippen LogP contribution in [0, 0.1) is 33.6 Å². The van der Waals surface area contributed by atoms with Gasteiger partial charge in [0.05, 0.1) is 45.8 Å². The van der Waals surface area contributed by atoms with Crippen LogP contribution < -0.4 is 22.4 Å². The lowest BCUT2D eigenvalue weighted by molar-refractivity contribution is -0.156. The Morgan fingerprint density at radius 2 is 0.765 bits per heavy atom. The summed E-state index contributed by atoms with van der Waals surface area (Å²) >= 11 is 0. The Labute approximate surface area is 601 Å². The first-order chi connectivity index (χ1) is 46.9. The molecule has 6 aromatic rings. The molecule has 6 rings (SSSR count). The normalized spacial score (nSPS) is 12.3. The molecule has 0 spiro atoms. The van der Waals surface area contributed by atoms with Crippen LogP contribution in [-0.4, -0.2) is 127 Å². The first-order valence-corrected chi connectivity index (χ1v) is 37.6. The number of nitrogens with two attached hydrogens (primary N) is 2. The van der Waals surface area contributed by atoms with Crippen LogP contribution in [0.15, 0.2) is 177 Å². The minimum Gasteiger partial charge on any atom is -0.460 e. The van der Waals surface area contributed by atoms with Gasteiger partial charge in [0.15, 0.2) is 0 Å². The number of ether oxygens (including phenoxy) is 4. The molecule has 6 aromatic carbocycles. The molecule has 26 nitrogen and oxygen atoms in total. The van der Waals surface area contributed by atoms with E-state index in [1.807, 2.05) is 69.6 Å². The molecule has 0 aromatic heterocycles. The van der Waals surface area contributed by atoms with Crippen molar-refractivity contribution in [3.8, 4) is 0 Å². The maximum atomic E-state index is 12.5. The Morgan fingerprint density at radius 1 is 0.431 bits per heavy atom. The average Bonchev–Trinajstić information content (AvgIpc) is 0.828. The van der Waals surface area contributed by atoms with Gasteiger partial charge in [-0.1, -0.05) is 131 Å². The van der Waals surface area contributed by atoms with E-state index in [1.165, 1.54) is 54.0 Å². The molecule has 0 radical (unpaired) electrons. The summed E-state index contributed by atoms with van der Waals surface area (Å²) in [6.45, 7) is 28.0. The molecule has 0 bridgehead atoms. The zero-order valence-corrected chi connectivity index (χ0v) is 63.9. The number of carbonyl (C=O) groups excluding carboxylic acids is 6. The third-order valence-electron chi connectivity index (χ3n) is 12.5. The number of carbonyl (C=O) groups is 6. The van der Waals surface area contributed by atoms with Crippen molar-refractivity contribution >= 4 is 74.3 Å². The first kappa shape index (κ1) is 91.7. The van der Waals surface area contributed by atoms with E-state index in [9.17, 15) is 67.6 Å². The van der Waals surface area contributed by atoms with Gasteiger partial charge in [-0.15, -0.1) is 0 Å². The summed E-state index contributed by atoms with van der Waals surface area (Å²) in [4.78, 5) is 67.3. The smallest absolute Gasteiger partial charge is 0.405 e. The number of esters is 2. The van der Waals surface area contributed by atoms with Gasteiger partial charge in [-0.05, 0) is 196 Å². The maximum absolute atomic E-state index is 12.5. The monoisotopic (exact) mass is 1500 g/mol. The summed E-state index contributed by atoms with van der Waals surface area (Å²) in [7, 11) is -15.8. The minimum absolute atomic E-state index is 0.0462. The maximum Gasteiger partial charge on any atom is 0.405 e. The number of amides is 2. The molecule has 8 N–H and O–H groups in total. The first-order valence-electron chi connectivity index (χ1n) is 31.8. The number of rotatable bonds is 22. The molecule has 102 heavy (non-hydrogen) atoms. The minimum atomic E-state index is -4.15. The van der Waals surface area contributed by atoms with Crippen LogP contribution in [-0.2, 0) is 99.2 Å². The molecule has 0 aliphatic rings. The average molecular weight is 1500 g/mol. The van der Waals surface area contributed by atoms with E-state index in [2.05, 4.69) is 9.47 Å². The Morgan fingerprint density at radius 3 is 1.10 bits per heavy atom. The van der Waals surface area contributed by atoms with Gasteiger partial charge >= 0.3 is 24.1 Å². The van der Waals surface area contributed by atoms with E-state index in [0.29, 0.717) is 12.8 Å². The topological polar surface area (TPSA) is 411 Å². The van der Waals surface area contributed by atoms with Gasteiger partial charge in [-0.3, -0.25) is 27.5 Å². The number of hydroxylamine groups is 2. The molecule has 0 unspecified atom stereocenters. The van der Waals surface area contributed by atoms with E-state index in [0.717, 1.165) is 33.4 Å². The summed E-state index contributed by atoms with van der Waals surface area (Å²) in [5.41, 5.74) is 16.2. The molecule has 0 heterocycles. The highest BCUT2D eigenvalue weighted by molar-refractivity contribution is 8.06. The van der Waals surface area contributed by atoms with Crippen molar-refractivity contribution in [2.75, 3.05) is 19.8 Å². The molecule has 2 amide bonds. The second-order valence-corrected chi connectivity index (χ2v) is 33.8. The van der Waals surface area contributed by atoms with Crippen LogP contribution in [0.3, 0.4) is 0 Å². The molecule has 0 saturated carbocycles. The van der Waals surface area contributed by atoms with Crippen molar-refractivity contribution in [2.24, 2.45) is 17.4 Å². The van der Waals surface area contributed by atoms with Gasteiger partial charge in [0.25, 0.3) is 30.5 Å². The fourth-order valence-electron chi connectivity index (χ4n) is 7.93. The fourth-order valence-corrected chi connectivity index (χ4v) is 12.1. The number of primary amides is 2. The van der Waals surface area contributed by atoms with Crippen molar-refractivity contribution < 1.29 is 100 Å². The fraction of sp³-hybridized carbons (Fsp3) is 0.417. The van der Waals surface area contributed by atoms with Crippen molar-refractivity contribution in [1.29, 1.82) is 0 Å². The number of hydrogen-bond acceptors (Lipinski definition) is 24. The zero-order chi connectivity index (χ0) is 78.1. The highest BCUT2D eigenvalue weighted by Gasteiger charge is 2.33. The molecule has 0 saturated heterocycles. The van der Waals surface area contributed by atoms with Gasteiger partial charge in [-0.2, -0.15) is 27.8 Å². The van der Waals surface area contributed by atoms with Gasteiger partial charge in [0, 0.05) is 6.42 Å².